The fourth-order valence-corrected chi connectivity index (χ4v) is 9.99. The highest BCUT2D eigenvalue weighted by Gasteiger charge is 2.76. The van der Waals surface area contributed by atoms with Gasteiger partial charge in [-0.3, -0.25) is 14.4 Å². The van der Waals surface area contributed by atoms with Crippen LogP contribution in [0.25, 0.3) is 11.0 Å². The number of amides is 2. The molecule has 2 amide bonds. The molecule has 3 aliphatic rings. The molecule has 2 aromatic heterocycles. The van der Waals surface area contributed by atoms with Gasteiger partial charge in [-0.15, -0.1) is 23.2 Å². The third kappa shape index (κ3) is 5.71. The number of phenols is 1. The number of aryl methyl sites for hydroxylation is 2. The Kier molecular flexibility index (Phi) is 10.1. The van der Waals surface area contributed by atoms with E-state index < -0.39 is 91.7 Å². The number of ether oxygens (including phenoxy) is 3. The summed E-state index contributed by atoms with van der Waals surface area (Å²) < 4.78 is 94.3. The largest absolute Gasteiger partial charge is 0.504 e. The number of hydrogen-bond donors (Lipinski definition) is 1. The smallest absolute Gasteiger partial charge is 0.347 e. The van der Waals surface area contributed by atoms with E-state index in [9.17, 15) is 42.3 Å². The highest BCUT2D eigenvalue weighted by atomic mass is 127. The molecule has 1 saturated heterocycles. The van der Waals surface area contributed by atoms with E-state index in [0.29, 0.717) is 22.5 Å². The van der Waals surface area contributed by atoms with E-state index in [0.717, 1.165) is 13.9 Å². The van der Waals surface area contributed by atoms with Crippen molar-refractivity contribution in [2.75, 3.05) is 26.2 Å². The number of nitrogens with zero attached hydrogens (tertiary/aromatic N) is 6. The second kappa shape index (κ2) is 14.6. The normalized spacial score (nSPS) is 22.0. The first kappa shape index (κ1) is 42.3. The fraction of sp³-hybridized carbons (Fsp3) is 0.316. The summed E-state index contributed by atoms with van der Waals surface area (Å²) in [7, 11) is 5.54. The summed E-state index contributed by atoms with van der Waals surface area (Å²) in [4.78, 5) is 69.4. The fourth-order valence-electron chi connectivity index (χ4n) is 8.45. The second-order valence-corrected chi connectivity index (χ2v) is 16.7. The molecule has 4 atom stereocenters. The van der Waals surface area contributed by atoms with Gasteiger partial charge >= 0.3 is 11.4 Å². The zero-order valence-corrected chi connectivity index (χ0v) is 35.5. The lowest BCUT2D eigenvalue weighted by molar-refractivity contribution is -0.122. The van der Waals surface area contributed by atoms with Crippen LogP contribution in [0.3, 0.4) is 0 Å². The molecule has 3 aromatic carbocycles. The maximum atomic E-state index is 15.4. The molecule has 23 heteroatoms. The number of fused-ring (bicyclic) bond motifs is 5. The van der Waals surface area contributed by atoms with Gasteiger partial charge in [0.2, 0.25) is 5.82 Å². The molecule has 15 nitrogen and oxygen atoms in total. The minimum Gasteiger partial charge on any atom is -0.504 e. The Morgan fingerprint density at radius 1 is 0.852 bits per heavy atom. The van der Waals surface area contributed by atoms with Gasteiger partial charge in [0.15, 0.2) is 56.0 Å². The first-order chi connectivity index (χ1) is 28.8. The van der Waals surface area contributed by atoms with E-state index in [1.165, 1.54) is 51.2 Å². The second-order valence-electron chi connectivity index (χ2n) is 14.3. The Hall–Kier alpha value is -5.42. The molecule has 1 saturated carbocycles. The Balaban J connectivity index is 1.27. The predicted octanol–water partition coefficient (Wildman–Crippen LogP) is 4.53. The van der Waals surface area contributed by atoms with Gasteiger partial charge in [-0.05, 0) is 45.9 Å². The van der Waals surface area contributed by atoms with E-state index in [2.05, 4.69) is 4.98 Å². The summed E-state index contributed by atoms with van der Waals surface area (Å²) in [5.74, 6) is -17.4. The maximum absolute atomic E-state index is 15.4. The molecule has 0 radical (unpaired) electrons. The molecule has 2 fully saturated rings. The molecule has 8 rings (SSSR count). The number of hydrogen-bond acceptors (Lipinski definition) is 10. The summed E-state index contributed by atoms with van der Waals surface area (Å²) in [6, 6.07) is 4.24. The van der Waals surface area contributed by atoms with Gasteiger partial charge in [0.25, 0.3) is 17.4 Å². The summed E-state index contributed by atoms with van der Waals surface area (Å²) in [6.07, 6.45) is 0.364. The Morgan fingerprint density at radius 2 is 1.46 bits per heavy atom. The molecule has 0 bridgehead atoms. The van der Waals surface area contributed by atoms with E-state index in [1.54, 1.807) is 34.7 Å². The van der Waals surface area contributed by atoms with Crippen LogP contribution in [0, 0.1) is 32.7 Å². The van der Waals surface area contributed by atoms with Crippen LogP contribution in [0.2, 0.25) is 0 Å². The molecule has 1 aliphatic carbocycles. The van der Waals surface area contributed by atoms with E-state index >= 15 is 8.78 Å². The number of allylic oxidation sites excluding steroid dienone is 2. The van der Waals surface area contributed by atoms with Crippen LogP contribution in [0.15, 0.2) is 50.3 Å². The SMILES string of the molecule is COc1cc2nc(CCn3c(=O)n4n(c3=O)[C@@H]3C[C@@]5(Cl)C(=O)N(c6c(F)c(F)c(F)c(F)c6F)C(=O)[C@@]5(Cl)[C@@H](c5cc(I)c(O)c(OC)c5)C3=CC4)c(=O)n(C)c2cc1OC. The van der Waals surface area contributed by atoms with Gasteiger partial charge in [-0.1, -0.05) is 6.08 Å². The number of alkyl halides is 2. The van der Waals surface area contributed by atoms with Crippen molar-refractivity contribution in [3.8, 4) is 23.0 Å². The molecular weight excluding hydrogens is 977 g/mol. The summed E-state index contributed by atoms with van der Waals surface area (Å²) >= 11 is 16.1. The average molecular weight is 1010 g/mol. The molecule has 0 spiro atoms. The number of methoxy groups -OCH3 is 3. The van der Waals surface area contributed by atoms with Gasteiger partial charge in [-0.2, -0.15) is 0 Å². The number of aromatic hydroxyl groups is 1. The van der Waals surface area contributed by atoms with Crippen molar-refractivity contribution in [1.82, 2.24) is 23.5 Å². The topological polar surface area (TPSA) is 169 Å². The lowest BCUT2D eigenvalue weighted by Crippen LogP contribution is -2.59. The van der Waals surface area contributed by atoms with Crippen LogP contribution < -0.4 is 36.0 Å². The number of benzene rings is 3. The van der Waals surface area contributed by atoms with Crippen molar-refractivity contribution in [3.05, 3.63) is 111 Å². The number of aromatic nitrogens is 5. The van der Waals surface area contributed by atoms with Gasteiger partial charge < -0.3 is 23.9 Å². The van der Waals surface area contributed by atoms with E-state index in [1.807, 2.05) is 0 Å². The summed E-state index contributed by atoms with van der Waals surface area (Å²) in [5, 5.41) is 10.7. The van der Waals surface area contributed by atoms with E-state index in [-0.39, 0.29) is 56.3 Å². The van der Waals surface area contributed by atoms with Crippen LogP contribution >= 0.6 is 45.8 Å². The molecular formula is C38H28Cl2F5IN6O9. The number of halogens is 8. The number of carbonyl (C=O) groups is 2. The van der Waals surface area contributed by atoms with E-state index in [4.69, 9.17) is 37.4 Å². The Bertz CT molecular complexity index is 3000. The number of phenolic OH excluding ortho intramolecular Hbond substituents is 1. The van der Waals surface area contributed by atoms with Crippen LogP contribution in [0.5, 0.6) is 23.0 Å². The predicted molar refractivity (Wildman–Crippen MR) is 214 cm³/mol. The van der Waals surface area contributed by atoms with Crippen molar-refractivity contribution in [3.63, 3.8) is 0 Å². The van der Waals surface area contributed by atoms with Crippen molar-refractivity contribution in [2.24, 2.45) is 7.05 Å². The first-order valence-electron chi connectivity index (χ1n) is 17.9. The number of imide groups is 1. The quantitative estimate of drug-likeness (QED) is 0.0444. The van der Waals surface area contributed by atoms with Crippen molar-refractivity contribution < 1.29 is 50.9 Å². The first-order valence-corrected chi connectivity index (χ1v) is 19.7. The molecule has 0 unspecified atom stereocenters. The molecule has 61 heavy (non-hydrogen) atoms. The molecule has 4 heterocycles. The Labute approximate surface area is 362 Å². The van der Waals surface area contributed by atoms with Gasteiger partial charge in [0.05, 0.1) is 48.5 Å². The van der Waals surface area contributed by atoms with Gasteiger partial charge in [-0.25, -0.2) is 55.4 Å². The lowest BCUT2D eigenvalue weighted by atomic mass is 9.64. The summed E-state index contributed by atoms with van der Waals surface area (Å²) in [5.41, 5.74) is -3.51. The minimum atomic E-state index is -2.82. The molecule has 1 N–H and O–H groups in total. The number of carbonyl (C=O) groups excluding carboxylic acids is 2. The number of rotatable bonds is 8. The highest BCUT2D eigenvalue weighted by Crippen LogP contribution is 2.64. The average Bonchev–Trinajstić information content (AvgIpc) is 3.57. The van der Waals surface area contributed by atoms with Gasteiger partial charge in [0, 0.05) is 44.5 Å². The third-order valence-corrected chi connectivity index (χ3v) is 13.6. The van der Waals surface area contributed by atoms with Crippen molar-refractivity contribution >= 4 is 74.3 Å². The molecule has 2 aliphatic heterocycles. The van der Waals surface area contributed by atoms with Crippen molar-refractivity contribution in [2.45, 2.75) is 47.6 Å². The standard InChI is InChI=1S/C38H28Cl2F5IN6O9/c1-48-19-12-22(60-3)21(59-2)11-18(19)47-17(32(48)54)6-7-49-35(57)50-8-5-15-20(52(50)36(49)58)13-37(39)33(55)51(30-28(44)26(42)25(41)27(43)29(30)45)34(56)38(37,40)24(15)14-9-16(46)31(53)23(10-14)61-4/h5,9-12,20,24,53H,6-8,13H2,1-4H3/t20-,24+,37-,38+/m1/s1. The summed E-state index contributed by atoms with van der Waals surface area (Å²) in [6.45, 7) is -0.736. The molecule has 320 valence electrons. The van der Waals surface area contributed by atoms with Gasteiger partial charge in [0.1, 0.15) is 11.4 Å². The number of anilines is 1. The Morgan fingerprint density at radius 3 is 2.08 bits per heavy atom. The van der Waals surface area contributed by atoms with Crippen molar-refractivity contribution in [1.29, 1.82) is 0 Å². The monoisotopic (exact) mass is 1000 g/mol. The third-order valence-electron chi connectivity index (χ3n) is 11.4. The zero-order valence-electron chi connectivity index (χ0n) is 31.8. The zero-order chi connectivity index (χ0) is 44.4. The van der Waals surface area contributed by atoms with Crippen LogP contribution in [0.4, 0.5) is 27.6 Å². The molecule has 5 aromatic rings. The van der Waals surface area contributed by atoms with Crippen LogP contribution in [-0.4, -0.2) is 71.5 Å². The van der Waals surface area contributed by atoms with Crippen LogP contribution in [0.1, 0.15) is 29.6 Å². The van der Waals surface area contributed by atoms with Crippen LogP contribution in [-0.2, 0) is 36.1 Å². The minimum absolute atomic E-state index is 0.00573. The lowest BCUT2D eigenvalue weighted by Gasteiger charge is -2.49. The highest BCUT2D eigenvalue weighted by molar-refractivity contribution is 14.1. The maximum Gasteiger partial charge on any atom is 0.347 e.